The molecule has 0 spiro atoms. The van der Waals surface area contributed by atoms with Crippen LogP contribution in [0.15, 0.2) is 0 Å². The molecule has 1 aliphatic carbocycles. The highest BCUT2D eigenvalue weighted by molar-refractivity contribution is 4.89. The SMILES string of the molecule is CC1CCN(C2CCC2)C(CN)C1. The monoisotopic (exact) mass is 182 g/mol. The van der Waals surface area contributed by atoms with Crippen molar-refractivity contribution in [2.75, 3.05) is 13.1 Å². The van der Waals surface area contributed by atoms with Crippen LogP contribution in [0.5, 0.6) is 0 Å². The third kappa shape index (κ3) is 1.89. The standard InChI is InChI=1S/C11H22N2/c1-9-5-6-13(10-3-2-4-10)11(7-9)8-12/h9-11H,2-8,12H2,1H3. The Morgan fingerprint density at radius 3 is 2.62 bits per heavy atom. The van der Waals surface area contributed by atoms with Crippen LogP contribution in [0.1, 0.15) is 39.0 Å². The highest BCUT2D eigenvalue weighted by atomic mass is 15.2. The van der Waals surface area contributed by atoms with Crippen LogP contribution in [0, 0.1) is 5.92 Å². The van der Waals surface area contributed by atoms with Gasteiger partial charge >= 0.3 is 0 Å². The van der Waals surface area contributed by atoms with E-state index in [0.29, 0.717) is 6.04 Å². The van der Waals surface area contributed by atoms with Crippen LogP contribution >= 0.6 is 0 Å². The zero-order valence-corrected chi connectivity index (χ0v) is 8.71. The molecule has 0 radical (unpaired) electrons. The highest BCUT2D eigenvalue weighted by Gasteiger charge is 2.33. The number of nitrogens with zero attached hydrogens (tertiary/aromatic N) is 1. The minimum Gasteiger partial charge on any atom is -0.329 e. The van der Waals surface area contributed by atoms with Crippen LogP contribution < -0.4 is 5.73 Å². The summed E-state index contributed by atoms with van der Waals surface area (Å²) in [6.45, 7) is 4.52. The zero-order chi connectivity index (χ0) is 9.26. The second-order valence-electron chi connectivity index (χ2n) is 4.84. The molecule has 76 valence electrons. The van der Waals surface area contributed by atoms with Crippen LogP contribution in [0.2, 0.25) is 0 Å². The summed E-state index contributed by atoms with van der Waals surface area (Å²) in [5.74, 6) is 0.893. The molecule has 0 aromatic heterocycles. The number of nitrogens with two attached hydrogens (primary N) is 1. The van der Waals surface area contributed by atoms with E-state index in [9.17, 15) is 0 Å². The van der Waals surface area contributed by atoms with Gasteiger partial charge in [-0.3, -0.25) is 4.90 Å². The molecular formula is C11H22N2. The first-order chi connectivity index (χ1) is 6.31. The number of likely N-dealkylation sites (tertiary alicyclic amines) is 1. The van der Waals surface area contributed by atoms with Crippen LogP contribution in [0.25, 0.3) is 0 Å². The lowest BCUT2D eigenvalue weighted by Gasteiger charge is -2.46. The number of hydrogen-bond acceptors (Lipinski definition) is 2. The lowest BCUT2D eigenvalue weighted by molar-refractivity contribution is 0.0389. The average Bonchev–Trinajstić information content (AvgIpc) is 2.05. The van der Waals surface area contributed by atoms with Gasteiger partial charge in [0.15, 0.2) is 0 Å². The third-order valence-electron chi connectivity index (χ3n) is 3.84. The van der Waals surface area contributed by atoms with Gasteiger partial charge in [-0.1, -0.05) is 13.3 Å². The molecule has 2 fully saturated rings. The molecule has 1 heterocycles. The van der Waals surface area contributed by atoms with Gasteiger partial charge in [0.25, 0.3) is 0 Å². The third-order valence-corrected chi connectivity index (χ3v) is 3.84. The lowest BCUT2D eigenvalue weighted by Crippen LogP contribution is -2.53. The van der Waals surface area contributed by atoms with Crippen molar-refractivity contribution in [1.82, 2.24) is 4.90 Å². The zero-order valence-electron chi connectivity index (χ0n) is 8.71. The number of rotatable bonds is 2. The molecule has 2 nitrogen and oxygen atoms in total. The number of hydrogen-bond donors (Lipinski definition) is 1. The molecule has 0 aromatic rings. The van der Waals surface area contributed by atoms with E-state index in [1.807, 2.05) is 0 Å². The second kappa shape index (κ2) is 3.97. The van der Waals surface area contributed by atoms with Crippen molar-refractivity contribution in [3.05, 3.63) is 0 Å². The summed E-state index contributed by atoms with van der Waals surface area (Å²) in [5.41, 5.74) is 5.83. The molecule has 0 aromatic carbocycles. The Morgan fingerprint density at radius 1 is 1.31 bits per heavy atom. The normalized spacial score (nSPS) is 37.4. The summed E-state index contributed by atoms with van der Waals surface area (Å²) < 4.78 is 0. The summed E-state index contributed by atoms with van der Waals surface area (Å²) in [7, 11) is 0. The van der Waals surface area contributed by atoms with Gasteiger partial charge in [-0.2, -0.15) is 0 Å². The van der Waals surface area contributed by atoms with Gasteiger partial charge in [0.2, 0.25) is 0 Å². The quantitative estimate of drug-likeness (QED) is 0.703. The van der Waals surface area contributed by atoms with E-state index in [2.05, 4.69) is 11.8 Å². The summed E-state index contributed by atoms with van der Waals surface area (Å²) in [6.07, 6.45) is 6.99. The van der Waals surface area contributed by atoms with Crippen molar-refractivity contribution < 1.29 is 0 Å². The van der Waals surface area contributed by atoms with Crippen LogP contribution in [0.3, 0.4) is 0 Å². The van der Waals surface area contributed by atoms with E-state index in [-0.39, 0.29) is 0 Å². The molecular weight excluding hydrogens is 160 g/mol. The fourth-order valence-corrected chi connectivity index (χ4v) is 2.70. The van der Waals surface area contributed by atoms with E-state index < -0.39 is 0 Å². The first-order valence-electron chi connectivity index (χ1n) is 5.77. The Kier molecular flexibility index (Phi) is 2.89. The maximum atomic E-state index is 5.83. The minimum atomic E-state index is 0.689. The van der Waals surface area contributed by atoms with Gasteiger partial charge in [0.1, 0.15) is 0 Å². The maximum Gasteiger partial charge on any atom is 0.0223 e. The second-order valence-corrected chi connectivity index (χ2v) is 4.84. The van der Waals surface area contributed by atoms with E-state index in [4.69, 9.17) is 5.73 Å². The van der Waals surface area contributed by atoms with Crippen molar-refractivity contribution in [3.8, 4) is 0 Å². The average molecular weight is 182 g/mol. The molecule has 2 rings (SSSR count). The largest absolute Gasteiger partial charge is 0.329 e. The van der Waals surface area contributed by atoms with Gasteiger partial charge in [0.05, 0.1) is 0 Å². The van der Waals surface area contributed by atoms with Gasteiger partial charge < -0.3 is 5.73 Å². The first-order valence-corrected chi connectivity index (χ1v) is 5.77. The van der Waals surface area contributed by atoms with Crippen molar-refractivity contribution in [2.45, 2.75) is 51.1 Å². The summed E-state index contributed by atoms with van der Waals surface area (Å²) >= 11 is 0. The molecule has 1 saturated heterocycles. The highest BCUT2D eigenvalue weighted by Crippen LogP contribution is 2.31. The molecule has 2 heteroatoms. The fraction of sp³-hybridized carbons (Fsp3) is 1.00. The smallest absolute Gasteiger partial charge is 0.0223 e. The lowest BCUT2D eigenvalue weighted by atomic mass is 9.85. The molecule has 1 aliphatic heterocycles. The predicted octanol–water partition coefficient (Wildman–Crippen LogP) is 1.60. The molecule has 1 saturated carbocycles. The van der Waals surface area contributed by atoms with E-state index >= 15 is 0 Å². The molecule has 2 unspecified atom stereocenters. The van der Waals surface area contributed by atoms with Crippen molar-refractivity contribution >= 4 is 0 Å². The van der Waals surface area contributed by atoms with Crippen LogP contribution in [0.4, 0.5) is 0 Å². The Bertz CT molecular complexity index is 165. The van der Waals surface area contributed by atoms with Crippen molar-refractivity contribution in [3.63, 3.8) is 0 Å². The Balaban J connectivity index is 1.92. The molecule has 0 amide bonds. The van der Waals surface area contributed by atoms with E-state index in [1.165, 1.54) is 38.6 Å². The molecule has 2 atom stereocenters. The van der Waals surface area contributed by atoms with Crippen LogP contribution in [-0.2, 0) is 0 Å². The molecule has 2 aliphatic rings. The van der Waals surface area contributed by atoms with E-state index in [1.54, 1.807) is 0 Å². The number of piperidine rings is 1. The molecule has 2 N–H and O–H groups in total. The summed E-state index contributed by atoms with van der Waals surface area (Å²) in [5, 5.41) is 0. The van der Waals surface area contributed by atoms with E-state index in [0.717, 1.165) is 18.5 Å². The van der Waals surface area contributed by atoms with Crippen molar-refractivity contribution in [2.24, 2.45) is 11.7 Å². The van der Waals surface area contributed by atoms with Gasteiger partial charge in [-0.15, -0.1) is 0 Å². The molecule has 0 bridgehead atoms. The Labute approximate surface area is 81.5 Å². The molecule has 13 heavy (non-hydrogen) atoms. The maximum absolute atomic E-state index is 5.83. The summed E-state index contributed by atoms with van der Waals surface area (Å²) in [6, 6.07) is 1.58. The first kappa shape index (κ1) is 9.47. The Morgan fingerprint density at radius 2 is 2.08 bits per heavy atom. The van der Waals surface area contributed by atoms with Crippen molar-refractivity contribution in [1.29, 1.82) is 0 Å². The van der Waals surface area contributed by atoms with Crippen LogP contribution in [-0.4, -0.2) is 30.1 Å². The summed E-state index contributed by atoms with van der Waals surface area (Å²) in [4.78, 5) is 2.68. The minimum absolute atomic E-state index is 0.689. The van der Waals surface area contributed by atoms with Gasteiger partial charge in [-0.05, 0) is 38.1 Å². The Hall–Kier alpha value is -0.0800. The fourth-order valence-electron chi connectivity index (χ4n) is 2.70. The van der Waals surface area contributed by atoms with Gasteiger partial charge in [-0.25, -0.2) is 0 Å². The van der Waals surface area contributed by atoms with Gasteiger partial charge in [0, 0.05) is 18.6 Å². The predicted molar refractivity (Wildman–Crippen MR) is 55.6 cm³/mol. The topological polar surface area (TPSA) is 29.3 Å².